The van der Waals surface area contributed by atoms with Gasteiger partial charge in [-0.2, -0.15) is 0 Å². The van der Waals surface area contributed by atoms with Crippen LogP contribution in [-0.4, -0.2) is 51.9 Å². The lowest BCUT2D eigenvalue weighted by molar-refractivity contribution is 0.0583. The number of anilines is 1. The summed E-state index contributed by atoms with van der Waals surface area (Å²) in [4.78, 5) is 34.6. The van der Waals surface area contributed by atoms with Crippen molar-refractivity contribution in [3.8, 4) is 5.75 Å². The third kappa shape index (κ3) is 3.37. The molecular weight excluding hydrogens is 394 g/mol. The number of carbonyl (C=O) groups is 2. The van der Waals surface area contributed by atoms with Crippen LogP contribution in [0.15, 0.2) is 42.7 Å². The summed E-state index contributed by atoms with van der Waals surface area (Å²) >= 11 is 0. The minimum Gasteiger partial charge on any atom is -0.497 e. The number of primary amides is 1. The Morgan fingerprint density at radius 1 is 1.16 bits per heavy atom. The lowest BCUT2D eigenvalue weighted by atomic mass is 9.95. The van der Waals surface area contributed by atoms with E-state index in [1.165, 1.54) is 6.20 Å². The number of amides is 2. The zero-order chi connectivity index (χ0) is 21.5. The van der Waals surface area contributed by atoms with E-state index < -0.39 is 5.91 Å². The van der Waals surface area contributed by atoms with Crippen molar-refractivity contribution in [2.45, 2.75) is 43.8 Å². The minimum absolute atomic E-state index is 0.0726. The number of hydrogen-bond donors (Lipinski definition) is 3. The number of nitrogens with one attached hydrogen (secondary N) is 2. The number of piperidine rings is 1. The Balaban J connectivity index is 1.36. The van der Waals surface area contributed by atoms with Gasteiger partial charge in [0.25, 0.3) is 11.8 Å². The molecule has 3 aromatic rings. The van der Waals surface area contributed by atoms with E-state index in [1.807, 2.05) is 35.2 Å². The fourth-order valence-electron chi connectivity index (χ4n) is 5.06. The van der Waals surface area contributed by atoms with Gasteiger partial charge in [0, 0.05) is 41.5 Å². The van der Waals surface area contributed by atoms with Crippen LogP contribution in [0.25, 0.3) is 11.0 Å². The highest BCUT2D eigenvalue weighted by Crippen LogP contribution is 2.39. The second-order valence-electron chi connectivity index (χ2n) is 8.29. The Kier molecular flexibility index (Phi) is 4.77. The van der Waals surface area contributed by atoms with E-state index >= 15 is 0 Å². The molecular formula is C23H25N5O3. The monoisotopic (exact) mass is 419 g/mol. The van der Waals surface area contributed by atoms with Gasteiger partial charge in [-0.15, -0.1) is 0 Å². The molecule has 2 aliphatic heterocycles. The molecule has 2 amide bonds. The molecule has 4 N–H and O–H groups in total. The SMILES string of the molecule is COc1ccc(C(=O)N2[C@@H]3CC[C@H]2CC(Nc2c(C(N)=O)cnc4[nH]ccc24)C3)cc1. The number of aromatic nitrogens is 2. The number of hydrogen-bond acceptors (Lipinski definition) is 5. The summed E-state index contributed by atoms with van der Waals surface area (Å²) in [5, 5.41) is 4.41. The molecule has 4 heterocycles. The predicted octanol–water partition coefficient (Wildman–Crippen LogP) is 2.92. The summed E-state index contributed by atoms with van der Waals surface area (Å²) in [5.74, 6) is 0.303. The molecule has 0 radical (unpaired) electrons. The standard InChI is InChI=1S/C23H25N5O3/c1-31-17-6-2-13(3-7-17)23(30)28-15-4-5-16(28)11-14(10-15)27-20-18-8-9-25-22(18)26-12-19(20)21(24)29/h2-3,6-9,12,14-16H,4-5,10-11H2,1H3,(H2,24,29)(H2,25,26,27)/t14?,15-,16+. The molecule has 2 fully saturated rings. The van der Waals surface area contributed by atoms with Gasteiger partial charge in [-0.05, 0) is 56.0 Å². The van der Waals surface area contributed by atoms with Gasteiger partial charge in [0.05, 0.1) is 18.4 Å². The highest BCUT2D eigenvalue weighted by Gasteiger charge is 2.43. The lowest BCUT2D eigenvalue weighted by Gasteiger charge is -2.40. The first kappa shape index (κ1) is 19.4. The lowest BCUT2D eigenvalue weighted by Crippen LogP contribution is -2.49. The minimum atomic E-state index is -0.506. The Bertz CT molecular complexity index is 1130. The fraction of sp³-hybridized carbons (Fsp3) is 0.348. The van der Waals surface area contributed by atoms with Gasteiger partial charge in [0.15, 0.2) is 0 Å². The van der Waals surface area contributed by atoms with E-state index in [9.17, 15) is 9.59 Å². The second-order valence-corrected chi connectivity index (χ2v) is 8.29. The Morgan fingerprint density at radius 2 is 1.87 bits per heavy atom. The average Bonchev–Trinajstić information content (AvgIpc) is 3.36. The fourth-order valence-corrected chi connectivity index (χ4v) is 5.06. The van der Waals surface area contributed by atoms with Gasteiger partial charge >= 0.3 is 0 Å². The van der Waals surface area contributed by atoms with E-state index in [0.717, 1.165) is 42.5 Å². The number of nitrogens with zero attached hydrogens (tertiary/aromatic N) is 2. The second kappa shape index (κ2) is 7.61. The molecule has 8 nitrogen and oxygen atoms in total. The Labute approximate surface area is 179 Å². The maximum absolute atomic E-state index is 13.2. The number of fused-ring (bicyclic) bond motifs is 3. The molecule has 0 aliphatic carbocycles. The van der Waals surface area contributed by atoms with Crippen molar-refractivity contribution in [3.05, 3.63) is 53.9 Å². The van der Waals surface area contributed by atoms with Gasteiger partial charge in [-0.25, -0.2) is 4.98 Å². The summed E-state index contributed by atoms with van der Waals surface area (Å²) in [6, 6.07) is 9.68. The van der Waals surface area contributed by atoms with Gasteiger partial charge in [0.2, 0.25) is 0 Å². The van der Waals surface area contributed by atoms with Crippen molar-refractivity contribution in [1.82, 2.24) is 14.9 Å². The number of methoxy groups -OCH3 is 1. The quantitative estimate of drug-likeness (QED) is 0.588. The van der Waals surface area contributed by atoms with Crippen LogP contribution in [-0.2, 0) is 0 Å². The number of ether oxygens (including phenoxy) is 1. The molecule has 8 heteroatoms. The van der Waals surface area contributed by atoms with E-state index in [0.29, 0.717) is 16.8 Å². The summed E-state index contributed by atoms with van der Waals surface area (Å²) < 4.78 is 5.20. The first-order valence-electron chi connectivity index (χ1n) is 10.5. The molecule has 1 aromatic carbocycles. The molecule has 5 rings (SSSR count). The van der Waals surface area contributed by atoms with Crippen molar-refractivity contribution in [3.63, 3.8) is 0 Å². The summed E-state index contributed by atoms with van der Waals surface area (Å²) in [6.07, 6.45) is 6.94. The van der Waals surface area contributed by atoms with E-state index in [-0.39, 0.29) is 24.0 Å². The van der Waals surface area contributed by atoms with E-state index in [4.69, 9.17) is 10.5 Å². The Hall–Kier alpha value is -3.55. The number of carbonyl (C=O) groups excluding carboxylic acids is 2. The van der Waals surface area contributed by atoms with Crippen molar-refractivity contribution in [1.29, 1.82) is 0 Å². The maximum Gasteiger partial charge on any atom is 0.254 e. The smallest absolute Gasteiger partial charge is 0.254 e. The third-order valence-electron chi connectivity index (χ3n) is 6.51. The van der Waals surface area contributed by atoms with Gasteiger partial charge in [-0.3, -0.25) is 9.59 Å². The van der Waals surface area contributed by atoms with Crippen LogP contribution in [0.4, 0.5) is 5.69 Å². The van der Waals surface area contributed by atoms with Crippen molar-refractivity contribution in [2.75, 3.05) is 12.4 Å². The van der Waals surface area contributed by atoms with Crippen molar-refractivity contribution < 1.29 is 14.3 Å². The van der Waals surface area contributed by atoms with E-state index in [2.05, 4.69) is 15.3 Å². The van der Waals surface area contributed by atoms with Gasteiger partial charge in [0.1, 0.15) is 11.4 Å². The number of pyridine rings is 1. The van der Waals surface area contributed by atoms with Crippen LogP contribution < -0.4 is 15.8 Å². The van der Waals surface area contributed by atoms with Gasteiger partial charge < -0.3 is 25.7 Å². The molecule has 2 aromatic heterocycles. The molecule has 1 unspecified atom stereocenters. The molecule has 3 atom stereocenters. The third-order valence-corrected chi connectivity index (χ3v) is 6.51. The average molecular weight is 419 g/mol. The zero-order valence-corrected chi connectivity index (χ0v) is 17.3. The topological polar surface area (TPSA) is 113 Å². The zero-order valence-electron chi connectivity index (χ0n) is 17.3. The van der Waals surface area contributed by atoms with Crippen LogP contribution >= 0.6 is 0 Å². The number of aromatic amines is 1. The summed E-state index contributed by atoms with van der Waals surface area (Å²) in [6.45, 7) is 0. The van der Waals surface area contributed by atoms with Crippen LogP contribution in [0.3, 0.4) is 0 Å². The molecule has 160 valence electrons. The summed E-state index contributed by atoms with van der Waals surface area (Å²) in [7, 11) is 1.61. The molecule has 0 spiro atoms. The van der Waals surface area contributed by atoms with Crippen LogP contribution in [0, 0.1) is 0 Å². The molecule has 2 aliphatic rings. The van der Waals surface area contributed by atoms with Crippen LogP contribution in [0.1, 0.15) is 46.4 Å². The first-order chi connectivity index (χ1) is 15.0. The van der Waals surface area contributed by atoms with Crippen LogP contribution in [0.2, 0.25) is 0 Å². The number of nitrogens with two attached hydrogens (primary N) is 1. The largest absolute Gasteiger partial charge is 0.497 e. The Morgan fingerprint density at radius 3 is 2.52 bits per heavy atom. The highest BCUT2D eigenvalue weighted by molar-refractivity contribution is 6.06. The molecule has 2 bridgehead atoms. The van der Waals surface area contributed by atoms with Crippen molar-refractivity contribution >= 4 is 28.5 Å². The number of H-pyrrole nitrogens is 1. The normalized spacial score (nSPS) is 22.5. The predicted molar refractivity (Wildman–Crippen MR) is 117 cm³/mol. The van der Waals surface area contributed by atoms with Crippen LogP contribution in [0.5, 0.6) is 5.75 Å². The first-order valence-corrected chi connectivity index (χ1v) is 10.5. The van der Waals surface area contributed by atoms with E-state index in [1.54, 1.807) is 13.3 Å². The molecule has 2 saturated heterocycles. The number of rotatable bonds is 5. The highest BCUT2D eigenvalue weighted by atomic mass is 16.5. The molecule has 31 heavy (non-hydrogen) atoms. The van der Waals surface area contributed by atoms with Crippen molar-refractivity contribution in [2.24, 2.45) is 5.73 Å². The number of benzene rings is 1. The molecule has 0 saturated carbocycles. The summed E-state index contributed by atoms with van der Waals surface area (Å²) in [5.41, 5.74) is 8.10. The maximum atomic E-state index is 13.2. The van der Waals surface area contributed by atoms with Gasteiger partial charge in [-0.1, -0.05) is 0 Å².